The van der Waals surface area contributed by atoms with Crippen LogP contribution in [0.4, 0.5) is 33.7 Å². The lowest BCUT2D eigenvalue weighted by Crippen LogP contribution is -2.38. The van der Waals surface area contributed by atoms with Gasteiger partial charge in [0.05, 0.1) is 5.69 Å². The molecule has 1 aliphatic rings. The van der Waals surface area contributed by atoms with Crippen LogP contribution in [-0.4, -0.2) is 34.9 Å². The van der Waals surface area contributed by atoms with E-state index in [-0.39, 0.29) is 38.2 Å². The normalized spacial score (nSPS) is 16.5. The lowest BCUT2D eigenvalue weighted by atomic mass is 10.1. The molecule has 0 spiro atoms. The molecule has 1 aliphatic heterocycles. The van der Waals surface area contributed by atoms with Crippen LogP contribution in [-0.2, 0) is 6.54 Å². The molecular formula is C21H20F4N4O. The van der Waals surface area contributed by atoms with Crippen molar-refractivity contribution in [2.24, 2.45) is 0 Å². The van der Waals surface area contributed by atoms with E-state index < -0.39 is 23.6 Å². The third kappa shape index (κ3) is 4.56. The molecule has 2 heterocycles. The molecule has 1 fully saturated rings. The standard InChI is InChI=1S/C21H20F4N4O/c22-14-2-4-18-16(9-14)19(11-26-18)28-20(30)27-15-3-1-13(17(23)10-15)12-29-7-5-21(24,25)6-8-29/h1-4,9-11,26H,5-8,12H2,(H2,27,28,30). The molecule has 0 radical (unpaired) electrons. The number of amides is 2. The molecule has 0 aliphatic carbocycles. The first-order chi connectivity index (χ1) is 14.3. The fourth-order valence-corrected chi connectivity index (χ4v) is 3.51. The van der Waals surface area contributed by atoms with Gasteiger partial charge in [0.15, 0.2) is 0 Å². The van der Waals surface area contributed by atoms with Gasteiger partial charge in [-0.05, 0) is 30.3 Å². The Bertz CT molecular complexity index is 1070. The highest BCUT2D eigenvalue weighted by Crippen LogP contribution is 2.29. The summed E-state index contributed by atoms with van der Waals surface area (Å²) < 4.78 is 54.4. The second kappa shape index (κ2) is 7.98. The highest BCUT2D eigenvalue weighted by atomic mass is 19.3. The predicted molar refractivity (Wildman–Crippen MR) is 107 cm³/mol. The van der Waals surface area contributed by atoms with Gasteiger partial charge in [-0.1, -0.05) is 6.07 Å². The Morgan fingerprint density at radius 3 is 2.57 bits per heavy atom. The molecule has 0 saturated carbocycles. The smallest absolute Gasteiger partial charge is 0.323 e. The highest BCUT2D eigenvalue weighted by molar-refractivity contribution is 6.05. The molecule has 3 N–H and O–H groups in total. The number of anilines is 2. The second-order valence-corrected chi connectivity index (χ2v) is 7.41. The van der Waals surface area contributed by atoms with Crippen molar-refractivity contribution in [2.75, 3.05) is 23.7 Å². The Kier molecular flexibility index (Phi) is 5.38. The summed E-state index contributed by atoms with van der Waals surface area (Å²) in [5.41, 5.74) is 1.67. The number of carbonyl (C=O) groups is 1. The van der Waals surface area contributed by atoms with E-state index in [9.17, 15) is 22.4 Å². The largest absolute Gasteiger partial charge is 0.359 e. The third-order valence-electron chi connectivity index (χ3n) is 5.18. The minimum Gasteiger partial charge on any atom is -0.359 e. The van der Waals surface area contributed by atoms with Gasteiger partial charge in [0.2, 0.25) is 0 Å². The van der Waals surface area contributed by atoms with E-state index in [1.807, 2.05) is 0 Å². The van der Waals surface area contributed by atoms with Gasteiger partial charge >= 0.3 is 6.03 Å². The summed E-state index contributed by atoms with van der Waals surface area (Å²) >= 11 is 0. The van der Waals surface area contributed by atoms with E-state index in [1.54, 1.807) is 17.0 Å². The van der Waals surface area contributed by atoms with Crippen LogP contribution in [0.3, 0.4) is 0 Å². The Balaban J connectivity index is 1.38. The molecule has 5 nitrogen and oxygen atoms in total. The van der Waals surface area contributed by atoms with Crippen LogP contribution in [0.25, 0.3) is 10.9 Å². The van der Waals surface area contributed by atoms with Crippen molar-refractivity contribution in [1.82, 2.24) is 9.88 Å². The number of fused-ring (bicyclic) bond motifs is 1. The van der Waals surface area contributed by atoms with Crippen LogP contribution >= 0.6 is 0 Å². The van der Waals surface area contributed by atoms with Gasteiger partial charge in [-0.2, -0.15) is 0 Å². The number of aromatic amines is 1. The summed E-state index contributed by atoms with van der Waals surface area (Å²) in [7, 11) is 0. The minimum absolute atomic E-state index is 0.208. The zero-order valence-electron chi connectivity index (χ0n) is 15.9. The van der Waals surface area contributed by atoms with Gasteiger partial charge in [-0.3, -0.25) is 4.90 Å². The van der Waals surface area contributed by atoms with Gasteiger partial charge in [-0.15, -0.1) is 0 Å². The van der Waals surface area contributed by atoms with E-state index >= 15 is 0 Å². The molecule has 3 aromatic rings. The first kappa shape index (κ1) is 20.2. The zero-order chi connectivity index (χ0) is 21.3. The van der Waals surface area contributed by atoms with Crippen molar-refractivity contribution in [3.63, 3.8) is 0 Å². The molecular weight excluding hydrogens is 400 g/mol. The van der Waals surface area contributed by atoms with E-state index in [2.05, 4.69) is 15.6 Å². The first-order valence-corrected chi connectivity index (χ1v) is 9.52. The fourth-order valence-electron chi connectivity index (χ4n) is 3.51. The number of likely N-dealkylation sites (tertiary alicyclic amines) is 1. The summed E-state index contributed by atoms with van der Waals surface area (Å²) in [5.74, 6) is -3.60. The molecule has 0 bridgehead atoms. The number of benzene rings is 2. The molecule has 2 amide bonds. The van der Waals surface area contributed by atoms with Gasteiger partial charge in [0, 0.05) is 60.8 Å². The van der Waals surface area contributed by atoms with Crippen LogP contribution in [0.2, 0.25) is 0 Å². The number of H-pyrrole nitrogens is 1. The fraction of sp³-hybridized carbons (Fsp3) is 0.286. The highest BCUT2D eigenvalue weighted by Gasteiger charge is 2.34. The SMILES string of the molecule is O=C(Nc1ccc(CN2CCC(F)(F)CC2)c(F)c1)Nc1c[nH]c2ccc(F)cc12. The number of hydrogen-bond acceptors (Lipinski definition) is 2. The van der Waals surface area contributed by atoms with E-state index in [1.165, 1.54) is 30.5 Å². The Labute approximate surface area is 170 Å². The number of hydrogen-bond donors (Lipinski definition) is 3. The lowest BCUT2D eigenvalue weighted by Gasteiger charge is -2.31. The van der Waals surface area contributed by atoms with Crippen LogP contribution in [0.15, 0.2) is 42.6 Å². The number of nitrogens with one attached hydrogen (secondary N) is 3. The van der Waals surface area contributed by atoms with E-state index in [0.29, 0.717) is 22.2 Å². The molecule has 1 saturated heterocycles. The molecule has 30 heavy (non-hydrogen) atoms. The van der Waals surface area contributed by atoms with Gasteiger partial charge < -0.3 is 15.6 Å². The van der Waals surface area contributed by atoms with Gasteiger partial charge in [0.25, 0.3) is 5.92 Å². The average Bonchev–Trinajstić information content (AvgIpc) is 3.07. The van der Waals surface area contributed by atoms with Crippen LogP contribution in [0, 0.1) is 11.6 Å². The monoisotopic (exact) mass is 420 g/mol. The predicted octanol–water partition coefficient (Wildman–Crippen LogP) is 5.32. The quantitative estimate of drug-likeness (QED) is 0.500. The summed E-state index contributed by atoms with van der Waals surface area (Å²) in [6.45, 7) is 0.648. The van der Waals surface area contributed by atoms with Crippen molar-refractivity contribution in [3.8, 4) is 0 Å². The van der Waals surface area contributed by atoms with E-state index in [0.717, 1.165) is 0 Å². The first-order valence-electron chi connectivity index (χ1n) is 9.52. The maximum absolute atomic E-state index is 14.4. The molecule has 9 heteroatoms. The Morgan fingerprint density at radius 1 is 1.07 bits per heavy atom. The number of piperidine rings is 1. The van der Waals surface area contributed by atoms with Crippen molar-refractivity contribution in [2.45, 2.75) is 25.3 Å². The zero-order valence-corrected chi connectivity index (χ0v) is 15.9. The number of alkyl halides is 2. The summed E-state index contributed by atoms with van der Waals surface area (Å²) in [4.78, 5) is 17.0. The topological polar surface area (TPSA) is 60.2 Å². The van der Waals surface area contributed by atoms with Crippen molar-refractivity contribution < 1.29 is 22.4 Å². The maximum atomic E-state index is 14.4. The van der Waals surface area contributed by atoms with Crippen molar-refractivity contribution in [3.05, 3.63) is 59.8 Å². The number of carbonyl (C=O) groups excluding carboxylic acids is 1. The Hall–Kier alpha value is -3.07. The van der Waals surface area contributed by atoms with Crippen LogP contribution in [0.5, 0.6) is 0 Å². The molecule has 2 aromatic carbocycles. The third-order valence-corrected chi connectivity index (χ3v) is 5.18. The van der Waals surface area contributed by atoms with Crippen molar-refractivity contribution >= 4 is 28.3 Å². The molecule has 0 unspecified atom stereocenters. The average molecular weight is 420 g/mol. The summed E-state index contributed by atoms with van der Waals surface area (Å²) in [6, 6.07) is 7.82. The Morgan fingerprint density at radius 2 is 1.83 bits per heavy atom. The number of halogens is 4. The lowest BCUT2D eigenvalue weighted by molar-refractivity contribution is -0.0567. The van der Waals surface area contributed by atoms with E-state index in [4.69, 9.17) is 0 Å². The van der Waals surface area contributed by atoms with Crippen LogP contribution in [0.1, 0.15) is 18.4 Å². The summed E-state index contributed by atoms with van der Waals surface area (Å²) in [6.07, 6.45) is 1.08. The van der Waals surface area contributed by atoms with Crippen LogP contribution < -0.4 is 10.6 Å². The number of aromatic nitrogens is 1. The minimum atomic E-state index is -2.65. The molecule has 158 valence electrons. The number of urea groups is 1. The second-order valence-electron chi connectivity index (χ2n) is 7.41. The maximum Gasteiger partial charge on any atom is 0.323 e. The number of rotatable bonds is 4. The molecule has 4 rings (SSSR count). The molecule has 1 aromatic heterocycles. The summed E-state index contributed by atoms with van der Waals surface area (Å²) in [5, 5.41) is 5.64. The van der Waals surface area contributed by atoms with Gasteiger partial charge in [-0.25, -0.2) is 22.4 Å². The number of nitrogens with zero attached hydrogens (tertiary/aromatic N) is 1. The van der Waals surface area contributed by atoms with Crippen molar-refractivity contribution in [1.29, 1.82) is 0 Å². The van der Waals surface area contributed by atoms with Gasteiger partial charge in [0.1, 0.15) is 11.6 Å². The molecule has 0 atom stereocenters.